The van der Waals surface area contributed by atoms with Crippen LogP contribution in [0, 0.1) is 0 Å². The molecular formula is C29H29NO6. The van der Waals surface area contributed by atoms with Crippen LogP contribution in [0.1, 0.15) is 34.3 Å². The number of aromatic carboxylic acids is 1. The summed E-state index contributed by atoms with van der Waals surface area (Å²) < 4.78 is 11.1. The van der Waals surface area contributed by atoms with Crippen molar-refractivity contribution in [2.45, 2.75) is 31.8 Å². The third-order valence-corrected chi connectivity index (χ3v) is 7.27. The van der Waals surface area contributed by atoms with Crippen molar-refractivity contribution in [2.75, 3.05) is 20.8 Å². The fraction of sp³-hybridized carbons (Fsp3) is 0.276. The highest BCUT2D eigenvalue weighted by Crippen LogP contribution is 2.44. The first-order valence-electron chi connectivity index (χ1n) is 12.0. The molecule has 1 atom stereocenters. The summed E-state index contributed by atoms with van der Waals surface area (Å²) in [6.45, 7) is 2.18. The Morgan fingerprint density at radius 2 is 1.58 bits per heavy atom. The molecule has 6 rings (SSSR count). The molecule has 0 aromatic heterocycles. The van der Waals surface area contributed by atoms with Crippen LogP contribution in [0.5, 0.6) is 23.0 Å². The minimum absolute atomic E-state index is 0.0671. The number of phenolic OH excluding ortho intramolecular Hbond substituents is 1. The smallest absolute Gasteiger partial charge is 0.339 e. The Hall–Kier alpha value is -3.97. The molecule has 7 heteroatoms. The number of fused-ring (bicyclic) bond motifs is 7. The molecule has 0 radical (unpaired) electrons. The fourth-order valence-corrected chi connectivity index (χ4v) is 5.54. The lowest BCUT2D eigenvalue weighted by atomic mass is 9.85. The number of rotatable bonds is 3. The molecule has 3 N–H and O–H groups in total. The Morgan fingerprint density at radius 1 is 0.889 bits per heavy atom. The molecule has 0 spiro atoms. The van der Waals surface area contributed by atoms with Crippen LogP contribution in [0.2, 0.25) is 0 Å². The maximum Gasteiger partial charge on any atom is 0.339 e. The number of phenols is 2. The van der Waals surface area contributed by atoms with E-state index in [1.54, 1.807) is 32.4 Å². The first kappa shape index (κ1) is 23.8. The summed E-state index contributed by atoms with van der Waals surface area (Å²) in [7, 11) is 3.35. The Morgan fingerprint density at radius 3 is 2.25 bits per heavy atom. The quantitative estimate of drug-likeness (QED) is 0.336. The number of ether oxygens (including phenoxy) is 2. The summed E-state index contributed by atoms with van der Waals surface area (Å²) in [6, 6.07) is 16.4. The van der Waals surface area contributed by atoms with E-state index in [0.29, 0.717) is 11.8 Å². The zero-order chi connectivity index (χ0) is 25.4. The second kappa shape index (κ2) is 9.59. The van der Waals surface area contributed by atoms with Gasteiger partial charge in [-0.1, -0.05) is 18.2 Å². The van der Waals surface area contributed by atoms with Gasteiger partial charge < -0.3 is 24.8 Å². The first-order valence-corrected chi connectivity index (χ1v) is 12.0. The minimum Gasteiger partial charge on any atom is -0.508 e. The van der Waals surface area contributed by atoms with Crippen LogP contribution in [0.15, 0.2) is 54.6 Å². The lowest BCUT2D eigenvalue weighted by molar-refractivity contribution is 0.0693. The van der Waals surface area contributed by atoms with Crippen LogP contribution in [0.25, 0.3) is 21.5 Å². The van der Waals surface area contributed by atoms with Gasteiger partial charge in [-0.25, -0.2) is 4.79 Å². The summed E-state index contributed by atoms with van der Waals surface area (Å²) in [5.74, 6) is 0.468. The molecule has 0 unspecified atom stereocenters. The molecule has 4 aromatic rings. The molecule has 4 aromatic carbocycles. The van der Waals surface area contributed by atoms with Gasteiger partial charge in [-0.2, -0.15) is 0 Å². The molecule has 0 bridgehead atoms. The van der Waals surface area contributed by atoms with Gasteiger partial charge in [0.25, 0.3) is 0 Å². The Bertz CT molecular complexity index is 1460. The second-order valence-corrected chi connectivity index (χ2v) is 9.23. The van der Waals surface area contributed by atoms with Gasteiger partial charge in [0.2, 0.25) is 0 Å². The second-order valence-electron chi connectivity index (χ2n) is 9.23. The van der Waals surface area contributed by atoms with Gasteiger partial charge in [-0.3, -0.25) is 4.90 Å². The van der Waals surface area contributed by atoms with Crippen molar-refractivity contribution in [2.24, 2.45) is 0 Å². The molecule has 2 aliphatic heterocycles. The average Bonchev–Trinajstić information content (AvgIpc) is 3.35. The zero-order valence-corrected chi connectivity index (χ0v) is 20.3. The summed E-state index contributed by atoms with van der Waals surface area (Å²) >= 11 is 0. The third-order valence-electron chi connectivity index (χ3n) is 7.27. The number of carboxylic acids is 1. The lowest BCUT2D eigenvalue weighted by Crippen LogP contribution is -2.35. The van der Waals surface area contributed by atoms with E-state index in [1.165, 1.54) is 53.4 Å². The summed E-state index contributed by atoms with van der Waals surface area (Å²) in [6.07, 6.45) is 3.65. The Labute approximate surface area is 209 Å². The molecule has 0 amide bonds. The van der Waals surface area contributed by atoms with Crippen LogP contribution < -0.4 is 9.47 Å². The monoisotopic (exact) mass is 487 g/mol. The Balaban J connectivity index is 0.000000226. The van der Waals surface area contributed by atoms with Crippen LogP contribution in [-0.2, 0) is 13.0 Å². The normalized spacial score (nSPS) is 16.7. The van der Waals surface area contributed by atoms with Crippen molar-refractivity contribution in [3.05, 3.63) is 71.3 Å². The van der Waals surface area contributed by atoms with Gasteiger partial charge in [0, 0.05) is 12.6 Å². The largest absolute Gasteiger partial charge is 0.508 e. The van der Waals surface area contributed by atoms with Crippen molar-refractivity contribution < 1.29 is 29.6 Å². The predicted molar refractivity (Wildman–Crippen MR) is 138 cm³/mol. The van der Waals surface area contributed by atoms with E-state index < -0.39 is 5.97 Å². The van der Waals surface area contributed by atoms with Crippen molar-refractivity contribution in [1.82, 2.24) is 4.90 Å². The van der Waals surface area contributed by atoms with Gasteiger partial charge in [0.1, 0.15) is 17.1 Å². The maximum atomic E-state index is 10.3. The number of nitrogens with zero attached hydrogens (tertiary/aromatic N) is 1. The van der Waals surface area contributed by atoms with Crippen LogP contribution in [0.3, 0.4) is 0 Å². The minimum atomic E-state index is -1.11. The summed E-state index contributed by atoms with van der Waals surface area (Å²) in [4.78, 5) is 12.9. The number of hydrogen-bond donors (Lipinski definition) is 3. The Kier molecular flexibility index (Phi) is 6.33. The molecular weight excluding hydrogens is 458 g/mol. The SMILES string of the molecule is COc1cc2c3c(c4ccc(O)cc4c2cc1OC)CN1CCC[C@H]1C3.O=C(O)c1ccccc1O. The van der Waals surface area contributed by atoms with E-state index >= 15 is 0 Å². The number of carboxylic acid groups (broad SMARTS) is 1. The van der Waals surface area contributed by atoms with Crippen molar-refractivity contribution in [3.8, 4) is 23.0 Å². The van der Waals surface area contributed by atoms with E-state index in [1.807, 2.05) is 6.07 Å². The molecule has 2 aliphatic rings. The van der Waals surface area contributed by atoms with Crippen LogP contribution in [-0.4, -0.2) is 53.0 Å². The number of para-hydroxylation sites is 1. The number of aromatic hydroxyl groups is 2. The van der Waals surface area contributed by atoms with E-state index in [-0.39, 0.29) is 11.3 Å². The van der Waals surface area contributed by atoms with Crippen LogP contribution in [0.4, 0.5) is 0 Å². The number of carbonyl (C=O) groups is 1. The van der Waals surface area contributed by atoms with Crippen molar-refractivity contribution >= 4 is 27.5 Å². The predicted octanol–water partition coefficient (Wildman–Crippen LogP) is 5.33. The maximum absolute atomic E-state index is 10.3. The molecule has 7 nitrogen and oxygen atoms in total. The molecule has 36 heavy (non-hydrogen) atoms. The van der Waals surface area contributed by atoms with E-state index in [9.17, 15) is 9.90 Å². The van der Waals surface area contributed by atoms with Gasteiger partial charge in [-0.15, -0.1) is 0 Å². The molecule has 0 saturated carbocycles. The molecule has 1 fully saturated rings. The highest BCUT2D eigenvalue weighted by molar-refractivity contribution is 6.12. The summed E-state index contributed by atoms with van der Waals surface area (Å²) in [5.41, 5.74) is 2.77. The molecule has 186 valence electrons. The van der Waals surface area contributed by atoms with Gasteiger partial charge in [0.15, 0.2) is 11.5 Å². The highest BCUT2D eigenvalue weighted by Gasteiger charge is 2.32. The van der Waals surface area contributed by atoms with Crippen molar-refractivity contribution in [3.63, 3.8) is 0 Å². The van der Waals surface area contributed by atoms with E-state index in [4.69, 9.17) is 19.7 Å². The molecule has 1 saturated heterocycles. The lowest BCUT2D eigenvalue weighted by Gasteiger charge is -2.33. The third kappa shape index (κ3) is 4.16. The first-order chi connectivity index (χ1) is 17.4. The summed E-state index contributed by atoms with van der Waals surface area (Å²) in [5, 5.41) is 32.1. The fourth-order valence-electron chi connectivity index (χ4n) is 5.54. The standard InChI is InChI=1S/C22H23NO3.C7H6O3/c1-25-21-10-18-16-8-13-4-3-7-23(13)12-20(16)15-6-5-14(24)9-17(15)19(18)11-22(21)26-2;8-6-4-2-1-3-5(6)7(9)10/h5-6,9-11,13,24H,3-4,7-8,12H2,1-2H3;1-4,8H,(H,9,10)/t13-;/m0./s1. The molecule has 0 aliphatic carbocycles. The van der Waals surface area contributed by atoms with Crippen molar-refractivity contribution in [1.29, 1.82) is 0 Å². The topological polar surface area (TPSA) is 99.5 Å². The van der Waals surface area contributed by atoms with Gasteiger partial charge in [0.05, 0.1) is 14.2 Å². The van der Waals surface area contributed by atoms with Crippen LogP contribution >= 0.6 is 0 Å². The highest BCUT2D eigenvalue weighted by atomic mass is 16.5. The average molecular weight is 488 g/mol. The van der Waals surface area contributed by atoms with Gasteiger partial charge in [-0.05, 0) is 94.9 Å². The van der Waals surface area contributed by atoms with E-state index in [2.05, 4.69) is 23.1 Å². The number of benzene rings is 4. The zero-order valence-electron chi connectivity index (χ0n) is 20.3. The number of hydrogen-bond acceptors (Lipinski definition) is 6. The molecule has 2 heterocycles. The number of methoxy groups -OCH3 is 2. The van der Waals surface area contributed by atoms with Gasteiger partial charge >= 0.3 is 5.97 Å². The van der Waals surface area contributed by atoms with E-state index in [0.717, 1.165) is 35.2 Å².